The number of benzene rings is 2. The molecule has 0 unspecified atom stereocenters. The van der Waals surface area contributed by atoms with Gasteiger partial charge in [0, 0.05) is 13.3 Å². The second-order valence-electron chi connectivity index (χ2n) is 5.36. The molecule has 0 radical (unpaired) electrons. The second kappa shape index (κ2) is 13.2. The monoisotopic (exact) mass is 352 g/mol. The van der Waals surface area contributed by atoms with Gasteiger partial charge in [0.25, 0.3) is 0 Å². The van der Waals surface area contributed by atoms with Crippen LogP contribution in [0.1, 0.15) is 30.9 Å². The Morgan fingerprint density at radius 3 is 1.85 bits per heavy atom. The summed E-state index contributed by atoms with van der Waals surface area (Å²) in [4.78, 5) is 20.6. The van der Waals surface area contributed by atoms with Crippen molar-refractivity contribution >= 4 is 24.1 Å². The van der Waals surface area contributed by atoms with Gasteiger partial charge < -0.3 is 9.84 Å². The highest BCUT2D eigenvalue weighted by Gasteiger charge is 1.91. The summed E-state index contributed by atoms with van der Waals surface area (Å²) in [7, 11) is 0. The summed E-state index contributed by atoms with van der Waals surface area (Å²) in [5, 5.41) is 8.38. The lowest BCUT2D eigenvalue weighted by molar-refractivity contribution is -0.140. The van der Waals surface area contributed by atoms with Crippen LogP contribution in [-0.2, 0) is 14.3 Å². The van der Waals surface area contributed by atoms with Crippen LogP contribution in [0.4, 0.5) is 0 Å². The van der Waals surface area contributed by atoms with Gasteiger partial charge in [-0.25, -0.2) is 0 Å². The third-order valence-corrected chi connectivity index (χ3v) is 3.13. The molecule has 0 fully saturated rings. The maximum atomic E-state index is 10.4. The standard InChI is InChI=1S/2C11H12O2/c1-10(12)13-9-5-8-11-6-3-2-4-7-11;12-11(13)9-5-4-8-10-6-2-1-3-7-10/h2-8H,9H2,1H3;1-4,6-8H,5,9H2,(H,12,13)/b8-5+;. The van der Waals surface area contributed by atoms with Crippen LogP contribution < -0.4 is 0 Å². The number of ether oxygens (including phenoxy) is 1. The van der Waals surface area contributed by atoms with E-state index in [0.717, 1.165) is 11.1 Å². The largest absolute Gasteiger partial charge is 0.481 e. The molecule has 1 N–H and O–H groups in total. The predicted octanol–water partition coefficient (Wildman–Crippen LogP) is 4.83. The zero-order valence-corrected chi connectivity index (χ0v) is 14.9. The van der Waals surface area contributed by atoms with Crippen LogP contribution in [0, 0.1) is 0 Å². The number of hydrogen-bond donors (Lipinski definition) is 1. The number of hydrogen-bond acceptors (Lipinski definition) is 3. The number of aliphatic carboxylic acids is 1. The molecule has 0 atom stereocenters. The van der Waals surface area contributed by atoms with E-state index in [1.165, 1.54) is 6.92 Å². The topological polar surface area (TPSA) is 63.6 Å². The summed E-state index contributed by atoms with van der Waals surface area (Å²) < 4.78 is 4.74. The van der Waals surface area contributed by atoms with Crippen LogP contribution in [0.5, 0.6) is 0 Å². The number of rotatable bonds is 7. The van der Waals surface area contributed by atoms with Gasteiger partial charge >= 0.3 is 11.9 Å². The Morgan fingerprint density at radius 1 is 0.885 bits per heavy atom. The van der Waals surface area contributed by atoms with Gasteiger partial charge in [-0.15, -0.1) is 0 Å². The minimum Gasteiger partial charge on any atom is -0.481 e. The Bertz CT molecular complexity index is 640. The summed E-state index contributed by atoms with van der Waals surface area (Å²) in [6, 6.07) is 19.7. The Hall–Kier alpha value is -3.14. The molecule has 4 heteroatoms. The highest BCUT2D eigenvalue weighted by atomic mass is 16.5. The SMILES string of the molecule is CC(=O)OC/C=C/c1ccccc1.O=C(O)CCC=Cc1ccccc1. The predicted molar refractivity (Wildman–Crippen MR) is 104 cm³/mol. The highest BCUT2D eigenvalue weighted by molar-refractivity contribution is 5.67. The van der Waals surface area contributed by atoms with Crippen molar-refractivity contribution in [3.63, 3.8) is 0 Å². The van der Waals surface area contributed by atoms with E-state index in [1.54, 1.807) is 0 Å². The molecule has 0 aliphatic carbocycles. The summed E-state index contributed by atoms with van der Waals surface area (Å²) in [6.07, 6.45) is 8.33. The number of carbonyl (C=O) groups excluding carboxylic acids is 1. The molecule has 0 aliphatic rings. The van der Waals surface area contributed by atoms with E-state index in [-0.39, 0.29) is 12.4 Å². The van der Waals surface area contributed by atoms with Crippen LogP contribution >= 0.6 is 0 Å². The second-order valence-corrected chi connectivity index (χ2v) is 5.36. The van der Waals surface area contributed by atoms with Crippen molar-refractivity contribution in [1.29, 1.82) is 0 Å². The fourth-order valence-corrected chi connectivity index (χ4v) is 1.90. The first-order chi connectivity index (χ1) is 12.6. The van der Waals surface area contributed by atoms with Gasteiger partial charge in [0.15, 0.2) is 0 Å². The lowest BCUT2D eigenvalue weighted by Gasteiger charge is -1.94. The van der Waals surface area contributed by atoms with Crippen molar-refractivity contribution in [2.45, 2.75) is 19.8 Å². The molecule has 0 aliphatic heterocycles. The van der Waals surface area contributed by atoms with Gasteiger partial charge in [0.1, 0.15) is 6.61 Å². The third kappa shape index (κ3) is 11.4. The van der Waals surface area contributed by atoms with Crippen LogP contribution in [0.15, 0.2) is 72.8 Å². The normalized spacial score (nSPS) is 10.3. The van der Waals surface area contributed by atoms with E-state index in [9.17, 15) is 9.59 Å². The molecule has 0 saturated carbocycles. The van der Waals surface area contributed by atoms with Gasteiger partial charge in [-0.1, -0.05) is 78.9 Å². The average Bonchev–Trinajstić information content (AvgIpc) is 2.64. The molecule has 4 nitrogen and oxygen atoms in total. The Morgan fingerprint density at radius 2 is 1.38 bits per heavy atom. The van der Waals surface area contributed by atoms with Crippen LogP contribution in [-0.4, -0.2) is 23.7 Å². The molecule has 2 rings (SSSR count). The van der Waals surface area contributed by atoms with Crippen molar-refractivity contribution in [2.75, 3.05) is 6.61 Å². The van der Waals surface area contributed by atoms with Crippen molar-refractivity contribution in [1.82, 2.24) is 0 Å². The molecule has 0 amide bonds. The molecule has 0 aromatic heterocycles. The number of esters is 1. The zero-order chi connectivity index (χ0) is 19.0. The van der Waals surface area contributed by atoms with E-state index >= 15 is 0 Å². The Labute approximate surface area is 154 Å². The smallest absolute Gasteiger partial charge is 0.303 e. The summed E-state index contributed by atoms with van der Waals surface area (Å²) in [6.45, 7) is 1.74. The molecular formula is C22H24O4. The lowest BCUT2D eigenvalue weighted by atomic mass is 10.2. The quantitative estimate of drug-likeness (QED) is 0.725. The van der Waals surface area contributed by atoms with E-state index in [2.05, 4.69) is 0 Å². The fraction of sp³-hybridized carbons (Fsp3) is 0.182. The molecule has 0 saturated heterocycles. The molecule has 136 valence electrons. The summed E-state index contributed by atoms with van der Waals surface area (Å²) in [5.41, 5.74) is 2.21. The summed E-state index contributed by atoms with van der Waals surface area (Å²) in [5.74, 6) is -1.00. The molecular weight excluding hydrogens is 328 g/mol. The zero-order valence-electron chi connectivity index (χ0n) is 14.9. The third-order valence-electron chi connectivity index (χ3n) is 3.13. The number of carboxylic acids is 1. The highest BCUT2D eigenvalue weighted by Crippen LogP contribution is 2.02. The molecule has 2 aromatic carbocycles. The van der Waals surface area contributed by atoms with Gasteiger partial charge in [-0.2, -0.15) is 0 Å². The molecule has 0 spiro atoms. The van der Waals surface area contributed by atoms with Crippen LogP contribution in [0.2, 0.25) is 0 Å². The first-order valence-electron chi connectivity index (χ1n) is 8.36. The minimum absolute atomic E-state index is 0.198. The Kier molecular flexibility index (Phi) is 10.6. The van der Waals surface area contributed by atoms with E-state index in [4.69, 9.17) is 9.84 Å². The minimum atomic E-state index is -0.752. The molecule has 0 heterocycles. The number of carbonyl (C=O) groups is 2. The molecule has 26 heavy (non-hydrogen) atoms. The van der Waals surface area contributed by atoms with Gasteiger partial charge in [-0.05, 0) is 23.6 Å². The number of allylic oxidation sites excluding steroid dienone is 1. The van der Waals surface area contributed by atoms with Gasteiger partial charge in [0.05, 0.1) is 0 Å². The van der Waals surface area contributed by atoms with Crippen LogP contribution in [0.3, 0.4) is 0 Å². The summed E-state index contributed by atoms with van der Waals surface area (Å²) >= 11 is 0. The van der Waals surface area contributed by atoms with Crippen molar-refractivity contribution in [3.05, 3.63) is 83.9 Å². The molecule has 2 aromatic rings. The van der Waals surface area contributed by atoms with E-state index < -0.39 is 5.97 Å². The lowest BCUT2D eigenvalue weighted by Crippen LogP contribution is -1.97. The van der Waals surface area contributed by atoms with Gasteiger partial charge in [0.2, 0.25) is 0 Å². The van der Waals surface area contributed by atoms with E-state index in [1.807, 2.05) is 85.0 Å². The van der Waals surface area contributed by atoms with Crippen molar-refractivity contribution in [3.8, 4) is 0 Å². The number of carboxylic acid groups (broad SMARTS) is 1. The Balaban J connectivity index is 0.000000260. The van der Waals surface area contributed by atoms with Crippen molar-refractivity contribution < 1.29 is 19.4 Å². The first-order valence-corrected chi connectivity index (χ1v) is 8.36. The van der Waals surface area contributed by atoms with E-state index in [0.29, 0.717) is 13.0 Å². The van der Waals surface area contributed by atoms with Crippen LogP contribution in [0.25, 0.3) is 12.2 Å². The maximum absolute atomic E-state index is 10.4. The maximum Gasteiger partial charge on any atom is 0.303 e. The molecule has 0 bridgehead atoms. The average molecular weight is 352 g/mol. The van der Waals surface area contributed by atoms with Gasteiger partial charge in [-0.3, -0.25) is 9.59 Å². The van der Waals surface area contributed by atoms with Crippen molar-refractivity contribution in [2.24, 2.45) is 0 Å². The first kappa shape index (κ1) is 20.9. The fourth-order valence-electron chi connectivity index (χ4n) is 1.90.